The van der Waals surface area contributed by atoms with E-state index in [-0.39, 0.29) is 69.1 Å². The number of carbonyl (C=O) groups excluding carboxylic acids is 14. The van der Waals surface area contributed by atoms with E-state index in [0.717, 1.165) is 6.42 Å². The minimum Gasteiger partial charge on any atom is -0.497 e. The molecular weight excluding hydrogens is 1380 g/mol. The Morgan fingerprint density at radius 3 is 1.69 bits per heavy atom. The molecule has 17 atom stereocenters. The highest BCUT2D eigenvalue weighted by Gasteiger charge is 2.45. The third kappa shape index (κ3) is 27.8. The highest BCUT2D eigenvalue weighted by atomic mass is 16.5. The molecule has 1 aromatic rings. The maximum atomic E-state index is 15.1. The molecule has 0 saturated carbocycles. The van der Waals surface area contributed by atoms with Crippen molar-refractivity contribution in [2.75, 3.05) is 20.2 Å². The van der Waals surface area contributed by atoms with Gasteiger partial charge in [-0.1, -0.05) is 148 Å². The van der Waals surface area contributed by atoms with Crippen molar-refractivity contribution >= 4 is 82.8 Å². The summed E-state index contributed by atoms with van der Waals surface area (Å²) in [5.41, 5.74) is 6.26. The Balaban J connectivity index is 2.01. The van der Waals surface area contributed by atoms with Crippen LogP contribution in [0.5, 0.6) is 5.75 Å². The Hall–Kier alpha value is -8.74. The second kappa shape index (κ2) is 44.5. The van der Waals surface area contributed by atoms with E-state index in [4.69, 9.17) is 15.2 Å². The number of nitrogens with two attached hydrogens (primary N) is 1. The van der Waals surface area contributed by atoms with Crippen LogP contribution in [0.4, 0.5) is 0 Å². The molecule has 1 aromatic carbocycles. The van der Waals surface area contributed by atoms with Crippen molar-refractivity contribution in [1.29, 1.82) is 0 Å². The van der Waals surface area contributed by atoms with Crippen LogP contribution in [0, 0.1) is 47.3 Å². The molecule has 2 aliphatic heterocycles. The zero-order chi connectivity index (χ0) is 81.0. The van der Waals surface area contributed by atoms with Gasteiger partial charge in [0.15, 0.2) is 0 Å². The Morgan fingerprint density at radius 2 is 1.17 bits per heavy atom. The first-order chi connectivity index (χ1) is 50.2. The summed E-state index contributed by atoms with van der Waals surface area (Å²) < 4.78 is 11.3. The number of cyclic esters (lactones) is 1. The Kier molecular flexibility index (Phi) is 38.5. The zero-order valence-electron chi connectivity index (χ0n) is 66.6. The standard InChI is InChI=1S/C76H126N14O17/c1-21-43(15)29-34-54(92)81-55(38(5)6)69(98)88-62(46(18)91)73(102)83-57(40(9)10)70(99)84-58(41(11)12)75(104)90-36-26-28-53(90)67(96)79-51(27-25-35-77)65(94)86-60(44(16)22-2)72(101)89-63-47(19)107-76(105)59(42(13)14)85-64(93)50(24-4)78-66(95)52(37-48-30-32-49(106-20)33-31-48)80-68(97)56(39(7)8)82-71(100)61(45(17)23-3)87-74(63)103/h24,30-33,38-47,51-53,55-63,91H,21-23,25-29,34-37,77H2,1-20H3,(H,78,95)(H,79,96)(H,80,97)(H,81,92)(H,82,100)(H,83,102)(H,84,99)(H,85,93)(H,86,94)(H,87,103)(H,88,98)(H,89,101)/b50-24-/t43-,44-,45-,46+,47+,51-,52-,53+,55+,56+,57-,58+,59-,60+,61+,62-,63+/m0/s1. The summed E-state index contributed by atoms with van der Waals surface area (Å²) in [6.07, 6.45) is 0.977. The number of esters is 1. The number of hydrogen-bond donors (Lipinski definition) is 14. The van der Waals surface area contributed by atoms with Crippen molar-refractivity contribution in [3.05, 3.63) is 41.6 Å². The summed E-state index contributed by atoms with van der Waals surface area (Å²) in [6, 6.07) is -9.86. The molecule has 0 spiro atoms. The van der Waals surface area contributed by atoms with Gasteiger partial charge in [0.25, 0.3) is 5.91 Å². The lowest BCUT2D eigenvalue weighted by atomic mass is 9.95. The number of rotatable bonds is 34. The van der Waals surface area contributed by atoms with Crippen molar-refractivity contribution in [2.24, 2.45) is 53.1 Å². The average molecular weight is 1510 g/mol. The van der Waals surface area contributed by atoms with Crippen molar-refractivity contribution in [1.82, 2.24) is 68.7 Å². The maximum absolute atomic E-state index is 15.1. The summed E-state index contributed by atoms with van der Waals surface area (Å²) in [4.78, 5) is 203. The number of ether oxygens (including phenoxy) is 2. The van der Waals surface area contributed by atoms with E-state index in [9.17, 15) is 62.6 Å². The Labute approximate surface area is 631 Å². The van der Waals surface area contributed by atoms with Gasteiger partial charge in [-0.3, -0.25) is 62.3 Å². The second-order valence-corrected chi connectivity index (χ2v) is 30.3. The highest BCUT2D eigenvalue weighted by Crippen LogP contribution is 2.24. The number of amides is 13. The van der Waals surface area contributed by atoms with Gasteiger partial charge in [-0.25, -0.2) is 4.79 Å². The Morgan fingerprint density at radius 1 is 0.626 bits per heavy atom. The fourth-order valence-corrected chi connectivity index (χ4v) is 12.2. The predicted octanol–water partition coefficient (Wildman–Crippen LogP) is 1.84. The number of aliphatic hydroxyl groups excluding tert-OH is 1. The molecule has 3 rings (SSSR count). The summed E-state index contributed by atoms with van der Waals surface area (Å²) in [5, 5.41) is 43.2. The van der Waals surface area contributed by atoms with Crippen LogP contribution >= 0.6 is 0 Å². The molecule has 0 aliphatic carbocycles. The fraction of sp³-hybridized carbons (Fsp3) is 0.711. The lowest BCUT2D eigenvalue weighted by Gasteiger charge is -2.33. The van der Waals surface area contributed by atoms with Crippen LogP contribution in [-0.4, -0.2) is 198 Å². The largest absolute Gasteiger partial charge is 0.497 e. The first-order valence-electron chi connectivity index (χ1n) is 38.0. The van der Waals surface area contributed by atoms with Crippen LogP contribution in [0.2, 0.25) is 0 Å². The molecule has 31 heteroatoms. The second-order valence-electron chi connectivity index (χ2n) is 30.3. The van der Waals surface area contributed by atoms with E-state index in [0.29, 0.717) is 30.6 Å². The molecule has 0 unspecified atom stereocenters. The van der Waals surface area contributed by atoms with E-state index >= 15 is 9.59 Å². The first-order valence-corrected chi connectivity index (χ1v) is 38.0. The van der Waals surface area contributed by atoms with Crippen molar-refractivity contribution in [3.63, 3.8) is 0 Å². The van der Waals surface area contributed by atoms with E-state index in [1.807, 2.05) is 13.8 Å². The molecule has 31 nitrogen and oxygen atoms in total. The fourth-order valence-electron chi connectivity index (χ4n) is 12.2. The molecular formula is C76H126N14O17. The Bertz CT molecular complexity index is 3230. The van der Waals surface area contributed by atoms with Crippen molar-refractivity contribution in [3.8, 4) is 5.75 Å². The molecule has 15 N–H and O–H groups in total. The number of hydrogen-bond acceptors (Lipinski definition) is 18. The number of likely N-dealkylation sites (tertiary alicyclic amines) is 1. The minimum atomic E-state index is -1.84. The number of aliphatic hydroxyl groups is 1. The van der Waals surface area contributed by atoms with Gasteiger partial charge in [0.05, 0.1) is 13.2 Å². The van der Waals surface area contributed by atoms with Gasteiger partial charge in [0.2, 0.25) is 70.9 Å². The highest BCUT2D eigenvalue weighted by molar-refractivity contribution is 6.03. The molecule has 0 aromatic heterocycles. The van der Waals surface area contributed by atoms with Crippen LogP contribution in [0.25, 0.3) is 0 Å². The van der Waals surface area contributed by atoms with Crippen molar-refractivity contribution in [2.45, 2.75) is 280 Å². The van der Waals surface area contributed by atoms with Crippen molar-refractivity contribution < 1.29 is 81.7 Å². The predicted molar refractivity (Wildman–Crippen MR) is 402 cm³/mol. The lowest BCUT2D eigenvalue weighted by Crippen LogP contribution is -2.64. The van der Waals surface area contributed by atoms with E-state index in [1.54, 1.807) is 121 Å². The number of methoxy groups -OCH3 is 1. The number of nitrogens with zero attached hydrogens (tertiary/aromatic N) is 1. The molecule has 2 saturated heterocycles. The average Bonchev–Trinajstić information content (AvgIpc) is 1.76. The topological polar surface area (TPSA) is 451 Å². The molecule has 107 heavy (non-hydrogen) atoms. The molecule has 13 amide bonds. The van der Waals surface area contributed by atoms with E-state index in [2.05, 4.69) is 63.8 Å². The zero-order valence-corrected chi connectivity index (χ0v) is 66.6. The third-order valence-corrected chi connectivity index (χ3v) is 20.0. The van der Waals surface area contributed by atoms with Gasteiger partial charge in [-0.15, -0.1) is 0 Å². The van der Waals surface area contributed by atoms with Crippen LogP contribution in [0.3, 0.4) is 0 Å². The summed E-state index contributed by atoms with van der Waals surface area (Å²) in [6.45, 7) is 31.6. The van der Waals surface area contributed by atoms with Gasteiger partial charge < -0.3 is 89.0 Å². The molecule has 2 fully saturated rings. The minimum absolute atomic E-state index is 0.0558. The number of allylic oxidation sites excluding steroid dienone is 1. The molecule has 602 valence electrons. The quantitative estimate of drug-likeness (QED) is 0.0346. The van der Waals surface area contributed by atoms with Gasteiger partial charge in [-0.2, -0.15) is 0 Å². The van der Waals surface area contributed by atoms with Gasteiger partial charge in [-0.05, 0) is 124 Å². The maximum Gasteiger partial charge on any atom is 0.329 e. The molecule has 2 heterocycles. The van der Waals surface area contributed by atoms with Crippen LogP contribution in [-0.2, 0) is 78.3 Å². The van der Waals surface area contributed by atoms with Gasteiger partial charge in [0.1, 0.15) is 90.1 Å². The monoisotopic (exact) mass is 1510 g/mol. The number of nitrogens with one attached hydrogen (secondary N) is 12. The number of benzene rings is 1. The normalized spacial score (nSPS) is 22.6. The molecule has 0 bridgehead atoms. The lowest BCUT2D eigenvalue weighted by molar-refractivity contribution is -0.157. The first kappa shape index (κ1) is 92.5. The summed E-state index contributed by atoms with van der Waals surface area (Å²) in [5.74, 6) is -14.8. The van der Waals surface area contributed by atoms with Crippen LogP contribution in [0.1, 0.15) is 195 Å². The van der Waals surface area contributed by atoms with Crippen LogP contribution in [0.15, 0.2) is 36.0 Å². The van der Waals surface area contributed by atoms with E-state index < -0.39 is 203 Å². The summed E-state index contributed by atoms with van der Waals surface area (Å²) >= 11 is 0. The third-order valence-electron chi connectivity index (χ3n) is 20.0. The SMILES string of the molecule is C/C=C1\NC(=O)[C@H](Cc2ccc(OC)cc2)NC(=O)[C@@H](C(C)C)NC(=O)[C@@H]([C@@H](C)CC)NC(=O)[C@H](NC(=O)[C@H](NC(=O)[C@H](CCCN)NC(=O)[C@H]2CCCN2C(=O)[C@H](NC(=O)[C@@H](NC(=O)[C@@H](NC(=O)[C@H](NC(=O)CC[C@@H](C)CC)C(C)C)[C@@H](C)O)C(C)C)C(C)C)[C@@H](C)CC)[C@@H](C)OC(=O)[C@H](C(C)C)NC1=O. The smallest absolute Gasteiger partial charge is 0.329 e. The van der Waals surface area contributed by atoms with Gasteiger partial charge >= 0.3 is 5.97 Å². The van der Waals surface area contributed by atoms with Gasteiger partial charge in [0, 0.05) is 19.4 Å². The van der Waals surface area contributed by atoms with Crippen LogP contribution < -0.4 is 74.3 Å². The summed E-state index contributed by atoms with van der Waals surface area (Å²) in [7, 11) is 1.49. The number of carbonyl (C=O) groups is 14. The molecule has 0 radical (unpaired) electrons. The molecule has 2 aliphatic rings. The van der Waals surface area contributed by atoms with E-state index in [1.165, 1.54) is 38.9 Å².